The van der Waals surface area contributed by atoms with E-state index in [1.165, 1.54) is 17.0 Å². The second-order valence-electron chi connectivity index (χ2n) is 8.95. The number of amidine groups is 1. The Morgan fingerprint density at radius 3 is 2.45 bits per heavy atom. The number of carbonyl (C=O) groups excluding carboxylic acids is 1. The van der Waals surface area contributed by atoms with Crippen LogP contribution in [0.25, 0.3) is 11.3 Å². The highest BCUT2D eigenvalue weighted by atomic mass is 35.5. The lowest BCUT2D eigenvalue weighted by Crippen LogP contribution is -2.36. The van der Waals surface area contributed by atoms with Gasteiger partial charge in [0.2, 0.25) is 5.91 Å². The lowest BCUT2D eigenvalue weighted by atomic mass is 10.0. The molecule has 3 aromatic carbocycles. The SMILES string of the molecule is N=C(N)c1ccc(NC(=O)[C@H](Cc2ccccc2)n2cnc(-c3cc(Cl)ccc3N3C=C(Cl)NN3)cc2=O)cc1. The van der Waals surface area contributed by atoms with Crippen LogP contribution in [0.3, 0.4) is 0 Å². The first kappa shape index (κ1) is 26.9. The highest BCUT2D eigenvalue weighted by Gasteiger charge is 2.24. The number of nitrogen functional groups attached to an aromatic ring is 1. The maximum absolute atomic E-state index is 13.5. The van der Waals surface area contributed by atoms with E-state index in [2.05, 4.69) is 21.3 Å². The summed E-state index contributed by atoms with van der Waals surface area (Å²) >= 11 is 12.3. The maximum atomic E-state index is 13.5. The van der Waals surface area contributed by atoms with Gasteiger partial charge in [-0.2, -0.15) is 0 Å². The third kappa shape index (κ3) is 5.99. The summed E-state index contributed by atoms with van der Waals surface area (Å²) in [6.45, 7) is 0. The summed E-state index contributed by atoms with van der Waals surface area (Å²) in [4.78, 5) is 31.6. The predicted octanol–water partition coefficient (Wildman–Crippen LogP) is 4.14. The van der Waals surface area contributed by atoms with Crippen molar-refractivity contribution in [3.63, 3.8) is 0 Å². The minimum atomic E-state index is -0.894. The van der Waals surface area contributed by atoms with Gasteiger partial charge >= 0.3 is 0 Å². The van der Waals surface area contributed by atoms with E-state index >= 15 is 0 Å². The molecule has 10 nitrogen and oxygen atoms in total. The number of hydrogen-bond donors (Lipinski definition) is 5. The summed E-state index contributed by atoms with van der Waals surface area (Å²) < 4.78 is 1.31. The molecule has 1 atom stereocenters. The molecular formula is C28H24Cl2N8O2. The average molecular weight is 575 g/mol. The van der Waals surface area contributed by atoms with E-state index < -0.39 is 17.5 Å². The highest BCUT2D eigenvalue weighted by Crippen LogP contribution is 2.32. The first-order chi connectivity index (χ1) is 19.3. The zero-order chi connectivity index (χ0) is 28.2. The first-order valence-corrected chi connectivity index (χ1v) is 12.9. The largest absolute Gasteiger partial charge is 0.384 e. The van der Waals surface area contributed by atoms with E-state index in [0.717, 1.165) is 5.56 Å². The minimum Gasteiger partial charge on any atom is -0.384 e. The molecule has 1 aromatic heterocycles. The van der Waals surface area contributed by atoms with E-state index in [1.54, 1.807) is 53.7 Å². The molecule has 12 heteroatoms. The van der Waals surface area contributed by atoms with Crippen molar-refractivity contribution in [2.75, 3.05) is 10.3 Å². The fraction of sp³-hybridized carbons (Fsp3) is 0.0714. The van der Waals surface area contributed by atoms with Crippen LogP contribution >= 0.6 is 23.2 Å². The lowest BCUT2D eigenvalue weighted by Gasteiger charge is -2.21. The standard InChI is InChI=1S/C28H24Cl2N8O2/c29-19-8-11-23(38-15-25(30)35-36-38)21(13-19)22-14-26(39)37(16-33-22)24(12-17-4-2-1-3-5-17)28(40)34-20-9-6-18(7-10-20)27(31)32/h1-11,13-16,24,35-36H,12H2,(H3,31,32)(H,34,40)/t24-/m0/s1. The van der Waals surface area contributed by atoms with Gasteiger partial charge in [-0.3, -0.25) is 30.0 Å². The molecule has 1 aliphatic heterocycles. The van der Waals surface area contributed by atoms with Gasteiger partial charge in [0.05, 0.1) is 23.9 Å². The Morgan fingerprint density at radius 1 is 1.05 bits per heavy atom. The second kappa shape index (κ2) is 11.6. The van der Waals surface area contributed by atoms with Crippen molar-refractivity contribution >= 4 is 46.3 Å². The van der Waals surface area contributed by atoms with Gasteiger partial charge in [0.25, 0.3) is 5.56 Å². The first-order valence-electron chi connectivity index (χ1n) is 12.1. The minimum absolute atomic E-state index is 0.0729. The molecule has 0 spiro atoms. The third-order valence-corrected chi connectivity index (χ3v) is 6.67. The molecular weight excluding hydrogens is 551 g/mol. The van der Waals surface area contributed by atoms with Crippen LogP contribution < -0.4 is 32.6 Å². The molecule has 0 bridgehead atoms. The molecule has 2 heterocycles. The number of anilines is 2. The van der Waals surface area contributed by atoms with Gasteiger partial charge < -0.3 is 11.1 Å². The van der Waals surface area contributed by atoms with Gasteiger partial charge in [-0.1, -0.05) is 53.5 Å². The number of benzene rings is 3. The molecule has 202 valence electrons. The molecule has 0 unspecified atom stereocenters. The van der Waals surface area contributed by atoms with E-state index in [1.807, 2.05) is 30.3 Å². The van der Waals surface area contributed by atoms with Crippen molar-refractivity contribution in [1.29, 1.82) is 5.41 Å². The molecule has 5 rings (SSSR count). The Hall–Kier alpha value is -4.64. The molecule has 4 aromatic rings. The zero-order valence-electron chi connectivity index (χ0n) is 20.9. The van der Waals surface area contributed by atoms with Crippen LogP contribution in [0.1, 0.15) is 17.2 Å². The van der Waals surface area contributed by atoms with Gasteiger partial charge in [-0.05, 0) is 48.0 Å². The van der Waals surface area contributed by atoms with Crippen LogP contribution in [0.15, 0.2) is 101 Å². The van der Waals surface area contributed by atoms with Gasteiger partial charge in [0.15, 0.2) is 0 Å². The van der Waals surface area contributed by atoms with Crippen LogP contribution in [0.5, 0.6) is 0 Å². The molecule has 0 fully saturated rings. The molecule has 0 saturated heterocycles. The Bertz CT molecular complexity index is 1660. The number of nitrogens with one attached hydrogen (secondary N) is 4. The summed E-state index contributed by atoms with van der Waals surface area (Å²) in [7, 11) is 0. The van der Waals surface area contributed by atoms with Gasteiger partial charge in [0, 0.05) is 34.3 Å². The Balaban J connectivity index is 1.49. The van der Waals surface area contributed by atoms with E-state index in [0.29, 0.717) is 38.4 Å². The fourth-order valence-electron chi connectivity index (χ4n) is 4.25. The predicted molar refractivity (Wildman–Crippen MR) is 157 cm³/mol. The Morgan fingerprint density at radius 2 is 1.80 bits per heavy atom. The number of nitrogens with two attached hydrogens (primary N) is 1. The van der Waals surface area contributed by atoms with E-state index in [-0.39, 0.29) is 12.3 Å². The van der Waals surface area contributed by atoms with Crippen LogP contribution in [-0.4, -0.2) is 21.3 Å². The molecule has 0 radical (unpaired) electrons. The Kier molecular flexibility index (Phi) is 7.83. The molecule has 0 saturated carbocycles. The number of halogens is 2. The lowest BCUT2D eigenvalue weighted by molar-refractivity contribution is -0.119. The number of amides is 1. The van der Waals surface area contributed by atoms with Crippen LogP contribution in [0.4, 0.5) is 11.4 Å². The summed E-state index contributed by atoms with van der Waals surface area (Å²) in [6.07, 6.45) is 3.26. The zero-order valence-corrected chi connectivity index (χ0v) is 22.4. The van der Waals surface area contributed by atoms with Crippen LogP contribution in [0, 0.1) is 5.41 Å². The maximum Gasteiger partial charge on any atom is 0.254 e. The molecule has 0 aliphatic carbocycles. The monoisotopic (exact) mass is 574 g/mol. The van der Waals surface area contributed by atoms with Crippen molar-refractivity contribution in [1.82, 2.24) is 20.5 Å². The van der Waals surface area contributed by atoms with Gasteiger partial charge in [-0.15, -0.1) is 5.53 Å². The van der Waals surface area contributed by atoms with Gasteiger partial charge in [-0.25, -0.2) is 4.98 Å². The molecule has 1 amide bonds. The number of hydrogen-bond acceptors (Lipinski definition) is 7. The number of aromatic nitrogens is 2. The van der Waals surface area contributed by atoms with Crippen molar-refractivity contribution < 1.29 is 4.79 Å². The summed E-state index contributed by atoms with van der Waals surface area (Å²) in [5, 5.41) is 12.9. The molecule has 40 heavy (non-hydrogen) atoms. The third-order valence-electron chi connectivity index (χ3n) is 6.24. The smallest absolute Gasteiger partial charge is 0.254 e. The normalized spacial score (nSPS) is 13.3. The van der Waals surface area contributed by atoms with Gasteiger partial charge in [0.1, 0.15) is 17.0 Å². The molecule has 1 aliphatic rings. The average Bonchev–Trinajstić information content (AvgIpc) is 3.38. The second-order valence-corrected chi connectivity index (χ2v) is 9.79. The number of hydrazine groups is 2. The number of rotatable bonds is 8. The van der Waals surface area contributed by atoms with Crippen molar-refractivity contribution in [3.8, 4) is 11.3 Å². The van der Waals surface area contributed by atoms with Crippen molar-refractivity contribution in [3.05, 3.63) is 123 Å². The summed E-state index contributed by atoms with van der Waals surface area (Å²) in [5.74, 6) is -0.469. The number of carbonyl (C=O) groups is 1. The van der Waals surface area contributed by atoms with Crippen LogP contribution in [-0.2, 0) is 11.2 Å². The quantitative estimate of drug-likeness (QED) is 0.121. The Labute approximate surface area is 239 Å². The fourth-order valence-corrected chi connectivity index (χ4v) is 4.56. The van der Waals surface area contributed by atoms with Crippen molar-refractivity contribution in [2.45, 2.75) is 12.5 Å². The number of nitrogens with zero attached hydrogens (tertiary/aromatic N) is 3. The summed E-state index contributed by atoms with van der Waals surface area (Å²) in [5.41, 5.74) is 14.3. The van der Waals surface area contributed by atoms with E-state index in [9.17, 15) is 9.59 Å². The van der Waals surface area contributed by atoms with E-state index in [4.69, 9.17) is 34.3 Å². The highest BCUT2D eigenvalue weighted by molar-refractivity contribution is 6.31. The van der Waals surface area contributed by atoms with Crippen LogP contribution in [0.2, 0.25) is 5.02 Å². The van der Waals surface area contributed by atoms with Crippen molar-refractivity contribution in [2.24, 2.45) is 5.73 Å². The molecule has 6 N–H and O–H groups in total. The summed E-state index contributed by atoms with van der Waals surface area (Å²) in [6, 6.07) is 21.7. The topological polar surface area (TPSA) is 141 Å².